The Kier molecular flexibility index (Phi) is 4.94. The maximum Gasteiger partial charge on any atom is 0.233 e. The first-order valence-corrected chi connectivity index (χ1v) is 7.36. The molecule has 1 heterocycles. The number of benzene rings is 1. The predicted molar refractivity (Wildman–Crippen MR) is 90.8 cm³/mol. The molecule has 0 atom stereocenters. The second-order valence-electron chi connectivity index (χ2n) is 4.34. The second kappa shape index (κ2) is 6.69. The highest BCUT2D eigenvalue weighted by molar-refractivity contribution is 14.1. The zero-order valence-electron chi connectivity index (χ0n) is 11.7. The van der Waals surface area contributed by atoms with Gasteiger partial charge in [-0.15, -0.1) is 0 Å². The Labute approximate surface area is 132 Å². The minimum Gasteiger partial charge on any atom is -0.354 e. The summed E-state index contributed by atoms with van der Waals surface area (Å²) in [4.78, 5) is 14.9. The van der Waals surface area contributed by atoms with Crippen LogP contribution in [-0.4, -0.2) is 35.6 Å². The molecule has 1 aromatic carbocycles. The Morgan fingerprint density at radius 1 is 1.05 bits per heavy atom. The first-order valence-electron chi connectivity index (χ1n) is 6.28. The fourth-order valence-corrected chi connectivity index (χ4v) is 1.88. The van der Waals surface area contributed by atoms with Crippen molar-refractivity contribution in [2.75, 3.05) is 36.2 Å². The maximum absolute atomic E-state index is 4.38. The number of hydrogen-bond acceptors (Lipinski definition) is 6. The number of halogens is 1. The molecule has 7 heteroatoms. The summed E-state index contributed by atoms with van der Waals surface area (Å²) in [5.41, 5.74) is 0.948. The minimum atomic E-state index is 0.529. The van der Waals surface area contributed by atoms with Crippen LogP contribution in [0.5, 0.6) is 0 Å². The highest BCUT2D eigenvalue weighted by Crippen LogP contribution is 2.17. The van der Waals surface area contributed by atoms with Gasteiger partial charge in [0.1, 0.15) is 0 Å². The SMILES string of the molecule is CCNc1nc(Nc2ccc(I)cc2)nc(N(C)C)n1. The number of nitrogens with one attached hydrogen (secondary N) is 2. The molecule has 0 aliphatic carbocycles. The van der Waals surface area contributed by atoms with E-state index in [9.17, 15) is 0 Å². The molecule has 0 aliphatic rings. The summed E-state index contributed by atoms with van der Waals surface area (Å²) in [6.07, 6.45) is 0. The van der Waals surface area contributed by atoms with Crippen molar-refractivity contribution in [3.05, 3.63) is 27.8 Å². The van der Waals surface area contributed by atoms with Gasteiger partial charge in [0.2, 0.25) is 17.8 Å². The zero-order valence-corrected chi connectivity index (χ0v) is 13.8. The third-order valence-electron chi connectivity index (χ3n) is 2.46. The molecule has 0 saturated carbocycles. The van der Waals surface area contributed by atoms with Gasteiger partial charge in [0, 0.05) is 29.9 Å². The van der Waals surface area contributed by atoms with E-state index in [1.807, 2.05) is 50.2 Å². The fourth-order valence-electron chi connectivity index (χ4n) is 1.52. The Bertz CT molecular complexity index is 570. The average molecular weight is 384 g/mol. The van der Waals surface area contributed by atoms with Gasteiger partial charge in [-0.2, -0.15) is 15.0 Å². The van der Waals surface area contributed by atoms with E-state index in [1.165, 1.54) is 3.57 Å². The van der Waals surface area contributed by atoms with Gasteiger partial charge in [-0.3, -0.25) is 0 Å². The van der Waals surface area contributed by atoms with Crippen molar-refractivity contribution in [2.45, 2.75) is 6.92 Å². The van der Waals surface area contributed by atoms with Gasteiger partial charge in [0.25, 0.3) is 0 Å². The second-order valence-corrected chi connectivity index (χ2v) is 5.58. The van der Waals surface area contributed by atoms with E-state index in [4.69, 9.17) is 0 Å². The summed E-state index contributed by atoms with van der Waals surface area (Å²) in [6.45, 7) is 2.77. The van der Waals surface area contributed by atoms with E-state index in [1.54, 1.807) is 0 Å². The fraction of sp³-hybridized carbons (Fsp3) is 0.308. The molecule has 0 radical (unpaired) electrons. The van der Waals surface area contributed by atoms with Crippen LogP contribution in [0, 0.1) is 3.57 Å². The molecule has 1 aromatic heterocycles. The lowest BCUT2D eigenvalue weighted by molar-refractivity contribution is 0.953. The summed E-state index contributed by atoms with van der Waals surface area (Å²) in [5, 5.41) is 6.30. The molecule has 2 rings (SSSR count). The monoisotopic (exact) mass is 384 g/mol. The van der Waals surface area contributed by atoms with Gasteiger partial charge in [-0.25, -0.2) is 0 Å². The smallest absolute Gasteiger partial charge is 0.233 e. The lowest BCUT2D eigenvalue weighted by Gasteiger charge is -2.13. The van der Waals surface area contributed by atoms with E-state index < -0.39 is 0 Å². The van der Waals surface area contributed by atoms with Crippen molar-refractivity contribution in [2.24, 2.45) is 0 Å². The van der Waals surface area contributed by atoms with E-state index >= 15 is 0 Å². The Hall–Kier alpha value is -1.64. The first kappa shape index (κ1) is 14.8. The molecular weight excluding hydrogens is 367 g/mol. The van der Waals surface area contributed by atoms with Crippen molar-refractivity contribution in [3.63, 3.8) is 0 Å². The van der Waals surface area contributed by atoms with E-state index in [-0.39, 0.29) is 0 Å². The van der Waals surface area contributed by atoms with Crippen molar-refractivity contribution < 1.29 is 0 Å². The lowest BCUT2D eigenvalue weighted by atomic mass is 10.3. The molecule has 20 heavy (non-hydrogen) atoms. The van der Waals surface area contributed by atoms with Gasteiger partial charge < -0.3 is 15.5 Å². The highest BCUT2D eigenvalue weighted by Gasteiger charge is 2.07. The van der Waals surface area contributed by atoms with Gasteiger partial charge in [0.15, 0.2) is 0 Å². The van der Waals surface area contributed by atoms with Gasteiger partial charge in [-0.05, 0) is 53.8 Å². The van der Waals surface area contributed by atoms with E-state index in [0.717, 1.165) is 12.2 Å². The minimum absolute atomic E-state index is 0.529. The van der Waals surface area contributed by atoms with Crippen molar-refractivity contribution >= 4 is 46.1 Å². The molecule has 0 amide bonds. The standard InChI is InChI=1S/C13H17IN6/c1-4-15-11-17-12(19-13(18-11)20(2)3)16-10-7-5-9(14)6-8-10/h5-8H,4H2,1-3H3,(H2,15,16,17,18,19). The van der Waals surface area contributed by atoms with Crippen molar-refractivity contribution in [1.82, 2.24) is 15.0 Å². The first-order chi connectivity index (χ1) is 9.58. The molecule has 106 valence electrons. The molecule has 6 nitrogen and oxygen atoms in total. The predicted octanol–water partition coefficient (Wildman–Crippen LogP) is 2.72. The maximum atomic E-state index is 4.38. The van der Waals surface area contributed by atoms with Crippen LogP contribution in [0.4, 0.5) is 23.5 Å². The number of hydrogen-bond donors (Lipinski definition) is 2. The highest BCUT2D eigenvalue weighted by atomic mass is 127. The van der Waals surface area contributed by atoms with Crippen molar-refractivity contribution in [1.29, 1.82) is 0 Å². The van der Waals surface area contributed by atoms with Gasteiger partial charge >= 0.3 is 0 Å². The van der Waals surface area contributed by atoms with Crippen LogP contribution >= 0.6 is 22.6 Å². The Morgan fingerprint density at radius 3 is 2.30 bits per heavy atom. The lowest BCUT2D eigenvalue weighted by Crippen LogP contribution is -2.16. The molecule has 2 aromatic rings. The van der Waals surface area contributed by atoms with Crippen LogP contribution in [-0.2, 0) is 0 Å². The molecule has 0 unspecified atom stereocenters. The molecule has 0 aliphatic heterocycles. The summed E-state index contributed by atoms with van der Waals surface area (Å²) in [7, 11) is 3.80. The normalized spacial score (nSPS) is 10.2. The topological polar surface area (TPSA) is 66.0 Å². The largest absolute Gasteiger partial charge is 0.354 e. The number of rotatable bonds is 5. The Morgan fingerprint density at radius 2 is 1.70 bits per heavy atom. The number of aromatic nitrogens is 3. The summed E-state index contributed by atoms with van der Waals surface area (Å²) < 4.78 is 1.19. The third kappa shape index (κ3) is 3.92. The van der Waals surface area contributed by atoms with Gasteiger partial charge in [0.05, 0.1) is 0 Å². The quantitative estimate of drug-likeness (QED) is 0.773. The third-order valence-corrected chi connectivity index (χ3v) is 3.18. The summed E-state index contributed by atoms with van der Waals surface area (Å²) in [5.74, 6) is 1.71. The molecular formula is C13H17IN6. The number of anilines is 4. The molecule has 0 spiro atoms. The average Bonchev–Trinajstić information content (AvgIpc) is 2.41. The van der Waals surface area contributed by atoms with Crippen LogP contribution in [0.1, 0.15) is 6.92 Å². The molecule has 0 saturated heterocycles. The van der Waals surface area contributed by atoms with E-state index in [0.29, 0.717) is 17.8 Å². The van der Waals surface area contributed by atoms with Crippen molar-refractivity contribution in [3.8, 4) is 0 Å². The van der Waals surface area contributed by atoms with Crippen LogP contribution in [0.15, 0.2) is 24.3 Å². The summed E-state index contributed by atoms with van der Waals surface area (Å²) >= 11 is 2.27. The van der Waals surface area contributed by atoms with Crippen LogP contribution in [0.2, 0.25) is 0 Å². The van der Waals surface area contributed by atoms with Crippen LogP contribution in [0.3, 0.4) is 0 Å². The van der Waals surface area contributed by atoms with Crippen LogP contribution in [0.25, 0.3) is 0 Å². The van der Waals surface area contributed by atoms with E-state index in [2.05, 4.69) is 48.2 Å². The number of nitrogens with zero attached hydrogens (tertiary/aromatic N) is 4. The summed E-state index contributed by atoms with van der Waals surface area (Å²) in [6, 6.07) is 8.05. The Balaban J connectivity index is 2.27. The molecule has 0 fully saturated rings. The van der Waals surface area contributed by atoms with Crippen LogP contribution < -0.4 is 15.5 Å². The molecule has 2 N–H and O–H groups in total. The van der Waals surface area contributed by atoms with Gasteiger partial charge in [-0.1, -0.05) is 0 Å². The zero-order chi connectivity index (χ0) is 14.5. The molecule has 0 bridgehead atoms.